The number of nitrogens with zero attached hydrogens (tertiary/aromatic N) is 1. The molecule has 1 aromatic rings. The Labute approximate surface area is 108 Å². The molecule has 3 heteroatoms. The molecule has 1 atom stereocenters. The van der Waals surface area contributed by atoms with Crippen molar-refractivity contribution >= 4 is 17.4 Å². The number of hydrogen-bond donors (Lipinski definition) is 1. The van der Waals surface area contributed by atoms with E-state index in [9.17, 15) is 0 Å². The van der Waals surface area contributed by atoms with Crippen molar-refractivity contribution in [2.24, 2.45) is 0 Å². The summed E-state index contributed by atoms with van der Waals surface area (Å²) in [4.78, 5) is 2.68. The van der Waals surface area contributed by atoms with Crippen LogP contribution in [0.5, 0.6) is 0 Å². The smallest absolute Gasteiger partial charge is 0.0373 e. The van der Waals surface area contributed by atoms with Gasteiger partial charge in [-0.1, -0.05) is 18.2 Å². The van der Waals surface area contributed by atoms with Gasteiger partial charge in [0.2, 0.25) is 0 Å². The molecule has 0 bridgehead atoms. The number of hydrogen-bond acceptors (Lipinski definition) is 3. The topological polar surface area (TPSA) is 15.3 Å². The zero-order valence-corrected chi connectivity index (χ0v) is 11.0. The van der Waals surface area contributed by atoms with Crippen molar-refractivity contribution in [2.45, 2.75) is 18.9 Å². The SMILES string of the molecule is c1ccc2c(c1)CCC(N1CCSCC1)CN2. The molecule has 0 radical (unpaired) electrons. The molecular weight excluding hydrogens is 228 g/mol. The van der Waals surface area contributed by atoms with Crippen molar-refractivity contribution in [3.63, 3.8) is 0 Å². The summed E-state index contributed by atoms with van der Waals surface area (Å²) in [6, 6.07) is 9.48. The molecule has 3 rings (SSSR count). The van der Waals surface area contributed by atoms with Gasteiger partial charge < -0.3 is 5.32 Å². The van der Waals surface area contributed by atoms with Gasteiger partial charge in [0, 0.05) is 42.9 Å². The van der Waals surface area contributed by atoms with E-state index in [4.69, 9.17) is 0 Å². The highest BCUT2D eigenvalue weighted by Crippen LogP contribution is 2.24. The number of para-hydroxylation sites is 1. The molecule has 2 nitrogen and oxygen atoms in total. The van der Waals surface area contributed by atoms with Crippen molar-refractivity contribution in [1.29, 1.82) is 0 Å². The van der Waals surface area contributed by atoms with Crippen molar-refractivity contribution in [3.8, 4) is 0 Å². The van der Waals surface area contributed by atoms with Crippen LogP contribution in [-0.4, -0.2) is 42.1 Å². The Balaban J connectivity index is 1.68. The molecule has 1 N–H and O–H groups in total. The lowest BCUT2D eigenvalue weighted by Crippen LogP contribution is -2.44. The summed E-state index contributed by atoms with van der Waals surface area (Å²) in [6.45, 7) is 3.66. The maximum absolute atomic E-state index is 3.62. The lowest BCUT2D eigenvalue weighted by Gasteiger charge is -2.33. The van der Waals surface area contributed by atoms with Gasteiger partial charge in [0.25, 0.3) is 0 Å². The largest absolute Gasteiger partial charge is 0.383 e. The average molecular weight is 248 g/mol. The highest BCUT2D eigenvalue weighted by molar-refractivity contribution is 7.99. The highest BCUT2D eigenvalue weighted by Gasteiger charge is 2.22. The minimum absolute atomic E-state index is 0.725. The second-order valence-corrected chi connectivity index (χ2v) is 6.10. The average Bonchev–Trinajstić information content (AvgIpc) is 2.62. The first-order chi connectivity index (χ1) is 8.43. The van der Waals surface area contributed by atoms with E-state index < -0.39 is 0 Å². The Morgan fingerprint density at radius 1 is 1.18 bits per heavy atom. The van der Waals surface area contributed by atoms with Gasteiger partial charge >= 0.3 is 0 Å². The van der Waals surface area contributed by atoms with Crippen molar-refractivity contribution in [2.75, 3.05) is 36.5 Å². The normalized spacial score (nSPS) is 25.8. The van der Waals surface area contributed by atoms with Gasteiger partial charge in [0.15, 0.2) is 0 Å². The van der Waals surface area contributed by atoms with Crippen LogP contribution in [0.2, 0.25) is 0 Å². The number of thioether (sulfide) groups is 1. The summed E-state index contributed by atoms with van der Waals surface area (Å²) in [6.07, 6.45) is 2.52. The second kappa shape index (κ2) is 5.32. The fraction of sp³-hybridized carbons (Fsp3) is 0.571. The van der Waals surface area contributed by atoms with Gasteiger partial charge in [-0.3, -0.25) is 4.90 Å². The van der Waals surface area contributed by atoms with Gasteiger partial charge in [0.05, 0.1) is 0 Å². The predicted molar refractivity (Wildman–Crippen MR) is 75.9 cm³/mol. The summed E-state index contributed by atoms with van der Waals surface area (Å²) in [7, 11) is 0. The third kappa shape index (κ3) is 2.61. The zero-order chi connectivity index (χ0) is 11.5. The second-order valence-electron chi connectivity index (χ2n) is 4.88. The van der Waals surface area contributed by atoms with Gasteiger partial charge in [0.1, 0.15) is 0 Å². The van der Waals surface area contributed by atoms with Crippen LogP contribution in [0, 0.1) is 0 Å². The zero-order valence-electron chi connectivity index (χ0n) is 10.2. The lowest BCUT2D eigenvalue weighted by atomic mass is 10.1. The molecule has 1 aromatic carbocycles. The minimum atomic E-state index is 0.725. The van der Waals surface area contributed by atoms with Gasteiger partial charge in [-0.15, -0.1) is 0 Å². The number of rotatable bonds is 1. The van der Waals surface area contributed by atoms with E-state index in [1.165, 1.54) is 48.7 Å². The van der Waals surface area contributed by atoms with Gasteiger partial charge in [-0.25, -0.2) is 0 Å². The standard InChI is InChI=1S/C14H20N2S/c1-2-4-14-12(3-1)5-6-13(11-15-14)16-7-9-17-10-8-16/h1-4,13,15H,5-11H2. The molecule has 0 amide bonds. The predicted octanol–water partition coefficient (Wildman–Crippen LogP) is 2.46. The Morgan fingerprint density at radius 2 is 2.00 bits per heavy atom. The van der Waals surface area contributed by atoms with E-state index in [1.807, 2.05) is 0 Å². The third-order valence-corrected chi connectivity index (χ3v) is 4.80. The van der Waals surface area contributed by atoms with Crippen molar-refractivity contribution in [3.05, 3.63) is 29.8 Å². The van der Waals surface area contributed by atoms with E-state index in [0.717, 1.165) is 12.6 Å². The van der Waals surface area contributed by atoms with Gasteiger partial charge in [-0.2, -0.15) is 11.8 Å². The highest BCUT2D eigenvalue weighted by atomic mass is 32.2. The van der Waals surface area contributed by atoms with Crippen LogP contribution in [-0.2, 0) is 6.42 Å². The summed E-state index contributed by atoms with van der Waals surface area (Å²) < 4.78 is 0. The molecule has 17 heavy (non-hydrogen) atoms. The monoisotopic (exact) mass is 248 g/mol. The maximum Gasteiger partial charge on any atom is 0.0373 e. The summed E-state index contributed by atoms with van der Waals surface area (Å²) in [5, 5.41) is 3.62. The van der Waals surface area contributed by atoms with Crippen LogP contribution < -0.4 is 5.32 Å². The van der Waals surface area contributed by atoms with Gasteiger partial charge in [-0.05, 0) is 24.5 Å². The van der Waals surface area contributed by atoms with E-state index >= 15 is 0 Å². The van der Waals surface area contributed by atoms with E-state index in [2.05, 4.69) is 46.2 Å². The third-order valence-electron chi connectivity index (χ3n) is 3.85. The van der Waals surface area contributed by atoms with E-state index in [0.29, 0.717) is 0 Å². The summed E-state index contributed by atoms with van der Waals surface area (Å²) in [5.41, 5.74) is 2.84. The first-order valence-corrected chi connectivity index (χ1v) is 7.72. The number of fused-ring (bicyclic) bond motifs is 1. The molecule has 0 aromatic heterocycles. The molecule has 2 heterocycles. The maximum atomic E-state index is 3.62. The molecular formula is C14H20N2S. The number of benzene rings is 1. The molecule has 0 spiro atoms. The van der Waals surface area contributed by atoms with Crippen LogP contribution in [0.1, 0.15) is 12.0 Å². The molecule has 1 saturated heterocycles. The van der Waals surface area contributed by atoms with Crippen LogP contribution in [0.25, 0.3) is 0 Å². The van der Waals surface area contributed by atoms with Crippen LogP contribution in [0.4, 0.5) is 5.69 Å². The first-order valence-electron chi connectivity index (χ1n) is 6.57. The van der Waals surface area contributed by atoms with E-state index in [-0.39, 0.29) is 0 Å². The van der Waals surface area contributed by atoms with Crippen LogP contribution in [0.3, 0.4) is 0 Å². The Hall–Kier alpha value is -0.670. The number of nitrogens with one attached hydrogen (secondary N) is 1. The Kier molecular flexibility index (Phi) is 3.57. The van der Waals surface area contributed by atoms with E-state index in [1.54, 1.807) is 0 Å². The van der Waals surface area contributed by atoms with Crippen molar-refractivity contribution < 1.29 is 0 Å². The Morgan fingerprint density at radius 3 is 2.88 bits per heavy atom. The van der Waals surface area contributed by atoms with Crippen LogP contribution >= 0.6 is 11.8 Å². The summed E-state index contributed by atoms with van der Waals surface area (Å²) >= 11 is 2.09. The number of anilines is 1. The minimum Gasteiger partial charge on any atom is -0.383 e. The molecule has 1 fully saturated rings. The molecule has 0 aliphatic carbocycles. The molecule has 92 valence electrons. The number of aryl methyl sites for hydroxylation is 1. The lowest BCUT2D eigenvalue weighted by molar-refractivity contribution is 0.216. The molecule has 0 saturated carbocycles. The summed E-state index contributed by atoms with van der Waals surface area (Å²) in [5.74, 6) is 2.62. The molecule has 2 aliphatic heterocycles. The first kappa shape index (κ1) is 11.4. The quantitative estimate of drug-likeness (QED) is 0.822. The Bertz CT molecular complexity index is 347. The fourth-order valence-corrected chi connectivity index (χ4v) is 3.75. The van der Waals surface area contributed by atoms with Crippen LogP contribution in [0.15, 0.2) is 24.3 Å². The fourth-order valence-electron chi connectivity index (χ4n) is 2.82. The molecule has 1 unspecified atom stereocenters. The van der Waals surface area contributed by atoms with Crippen molar-refractivity contribution in [1.82, 2.24) is 4.90 Å². The molecule has 2 aliphatic rings.